The zero-order valence-electron chi connectivity index (χ0n) is 14.0. The lowest BCUT2D eigenvalue weighted by molar-refractivity contribution is -0.137. The normalized spacial score (nSPS) is 20.1. The van der Waals surface area contributed by atoms with E-state index < -0.39 is 11.7 Å². The third kappa shape index (κ3) is 3.53. The summed E-state index contributed by atoms with van der Waals surface area (Å²) in [6, 6.07) is 14.8. The second-order valence-corrected chi connectivity index (χ2v) is 6.70. The van der Waals surface area contributed by atoms with Gasteiger partial charge in [-0.15, -0.1) is 0 Å². The van der Waals surface area contributed by atoms with Gasteiger partial charge in [-0.05, 0) is 42.4 Å². The number of halogens is 3. The van der Waals surface area contributed by atoms with Crippen LogP contribution >= 0.6 is 12.2 Å². The number of aromatic amines is 1. The van der Waals surface area contributed by atoms with E-state index in [1.54, 1.807) is 6.07 Å². The van der Waals surface area contributed by atoms with Crippen LogP contribution in [0.5, 0.6) is 0 Å². The third-order valence-electron chi connectivity index (χ3n) is 4.55. The molecule has 3 N–H and O–H groups in total. The molecule has 0 aliphatic carbocycles. The lowest BCUT2D eigenvalue weighted by Gasteiger charge is -2.14. The second-order valence-electron chi connectivity index (χ2n) is 6.31. The van der Waals surface area contributed by atoms with Crippen molar-refractivity contribution in [1.29, 1.82) is 0 Å². The van der Waals surface area contributed by atoms with Crippen molar-refractivity contribution in [2.75, 3.05) is 0 Å². The van der Waals surface area contributed by atoms with Crippen LogP contribution in [0.15, 0.2) is 54.6 Å². The van der Waals surface area contributed by atoms with E-state index in [1.807, 2.05) is 30.3 Å². The molecule has 2 atom stereocenters. The summed E-state index contributed by atoms with van der Waals surface area (Å²) in [6.07, 6.45) is -3.74. The number of benzene rings is 2. The average Bonchev–Trinajstić information content (AvgIpc) is 3.28. The monoisotopic (exact) mass is 391 g/mol. The smallest absolute Gasteiger partial charge is 0.271 e. The molecule has 9 heteroatoms. The molecule has 1 aromatic heterocycles. The Kier molecular flexibility index (Phi) is 4.58. The quantitative estimate of drug-likeness (QED) is 0.585. The Morgan fingerprint density at radius 2 is 1.74 bits per heavy atom. The minimum absolute atomic E-state index is 0.0661. The number of hydrogen-bond donors (Lipinski definition) is 3. The van der Waals surface area contributed by atoms with Gasteiger partial charge in [0, 0.05) is 6.04 Å². The van der Waals surface area contributed by atoms with Gasteiger partial charge in [0.2, 0.25) is 0 Å². The fraction of sp³-hybridized carbons (Fsp3) is 0.222. The molecule has 140 valence electrons. The van der Waals surface area contributed by atoms with E-state index in [4.69, 9.17) is 12.2 Å². The highest BCUT2D eigenvalue weighted by Crippen LogP contribution is 2.33. The van der Waals surface area contributed by atoms with Crippen LogP contribution in [0.2, 0.25) is 0 Å². The molecule has 0 amide bonds. The highest BCUT2D eigenvalue weighted by molar-refractivity contribution is 7.71. The Morgan fingerprint density at radius 1 is 1.00 bits per heavy atom. The lowest BCUT2D eigenvalue weighted by Crippen LogP contribution is -2.28. The van der Waals surface area contributed by atoms with Gasteiger partial charge in [-0.2, -0.15) is 18.3 Å². The van der Waals surface area contributed by atoms with Gasteiger partial charge in [-0.1, -0.05) is 36.4 Å². The molecule has 4 rings (SSSR count). The molecule has 3 aromatic rings. The molecule has 1 aliphatic heterocycles. The molecule has 0 spiro atoms. The summed E-state index contributed by atoms with van der Waals surface area (Å²) in [4.78, 5) is 0. The molecule has 1 aliphatic rings. The minimum atomic E-state index is -4.42. The SMILES string of the molecule is FC(F)(F)c1cccc(-n2c(C3CC(c4ccccc4)NN3)n[nH]c2=S)c1. The largest absolute Gasteiger partial charge is 0.416 e. The topological polar surface area (TPSA) is 57.7 Å². The molecule has 2 aromatic carbocycles. The number of hydrogen-bond acceptors (Lipinski definition) is 4. The van der Waals surface area contributed by atoms with Gasteiger partial charge in [-0.25, -0.2) is 10.9 Å². The molecular formula is C18H16F3N5S. The van der Waals surface area contributed by atoms with Gasteiger partial charge >= 0.3 is 6.18 Å². The number of H-pyrrole nitrogens is 1. The van der Waals surface area contributed by atoms with Gasteiger partial charge in [0.05, 0.1) is 17.3 Å². The van der Waals surface area contributed by atoms with E-state index in [9.17, 15) is 13.2 Å². The zero-order valence-corrected chi connectivity index (χ0v) is 14.8. The maximum absolute atomic E-state index is 13.1. The Labute approximate surface area is 158 Å². The van der Waals surface area contributed by atoms with E-state index >= 15 is 0 Å². The first kappa shape index (κ1) is 17.9. The van der Waals surface area contributed by atoms with E-state index in [0.29, 0.717) is 17.9 Å². The van der Waals surface area contributed by atoms with Crippen molar-refractivity contribution in [3.8, 4) is 5.69 Å². The van der Waals surface area contributed by atoms with Crippen LogP contribution in [0, 0.1) is 4.77 Å². The standard InChI is InChI=1S/C18H16F3N5S/c19-18(20,21)12-7-4-8-13(9-12)26-16(24-25-17(26)27)15-10-14(22-23-15)11-5-2-1-3-6-11/h1-9,14-15,22-23H,10H2,(H,25,27). The molecular weight excluding hydrogens is 375 g/mol. The Balaban J connectivity index is 1.67. The molecule has 1 fully saturated rings. The van der Waals surface area contributed by atoms with E-state index in [0.717, 1.165) is 17.7 Å². The Bertz CT molecular complexity index is 996. The summed E-state index contributed by atoms with van der Waals surface area (Å²) in [5, 5.41) is 6.95. The predicted molar refractivity (Wildman–Crippen MR) is 96.6 cm³/mol. The molecule has 27 heavy (non-hydrogen) atoms. The number of nitrogens with one attached hydrogen (secondary N) is 3. The zero-order chi connectivity index (χ0) is 19.0. The number of hydrazine groups is 1. The summed E-state index contributed by atoms with van der Waals surface area (Å²) < 4.78 is 41.0. The number of rotatable bonds is 3. The van der Waals surface area contributed by atoms with Crippen molar-refractivity contribution in [2.45, 2.75) is 24.7 Å². The van der Waals surface area contributed by atoms with Crippen LogP contribution in [0.3, 0.4) is 0 Å². The maximum atomic E-state index is 13.1. The molecule has 2 unspecified atom stereocenters. The van der Waals surface area contributed by atoms with E-state index in [1.165, 1.54) is 10.6 Å². The minimum Gasteiger partial charge on any atom is -0.271 e. The third-order valence-corrected chi connectivity index (χ3v) is 4.82. The van der Waals surface area contributed by atoms with E-state index in [2.05, 4.69) is 21.0 Å². The Hall–Kier alpha value is -2.49. The van der Waals surface area contributed by atoms with Crippen LogP contribution in [0.4, 0.5) is 13.2 Å². The van der Waals surface area contributed by atoms with Crippen LogP contribution in [0.25, 0.3) is 5.69 Å². The molecule has 0 bridgehead atoms. The van der Waals surface area contributed by atoms with Crippen LogP contribution in [-0.4, -0.2) is 14.8 Å². The molecule has 5 nitrogen and oxygen atoms in total. The predicted octanol–water partition coefficient (Wildman–Crippen LogP) is 4.23. The van der Waals surface area contributed by atoms with Crippen molar-refractivity contribution in [3.63, 3.8) is 0 Å². The Morgan fingerprint density at radius 3 is 2.48 bits per heavy atom. The van der Waals surface area contributed by atoms with Crippen LogP contribution < -0.4 is 10.9 Å². The fourth-order valence-corrected chi connectivity index (χ4v) is 3.49. The highest BCUT2D eigenvalue weighted by Gasteiger charge is 2.32. The number of aromatic nitrogens is 3. The van der Waals surface area contributed by atoms with Crippen LogP contribution in [0.1, 0.15) is 35.5 Å². The summed E-state index contributed by atoms with van der Waals surface area (Å²) in [5.41, 5.74) is 7.09. The molecule has 0 radical (unpaired) electrons. The van der Waals surface area contributed by atoms with Gasteiger partial charge in [-0.3, -0.25) is 9.67 Å². The first-order valence-electron chi connectivity index (χ1n) is 8.34. The number of nitrogens with zero attached hydrogens (tertiary/aromatic N) is 2. The van der Waals surface area contributed by atoms with Crippen molar-refractivity contribution < 1.29 is 13.2 Å². The van der Waals surface area contributed by atoms with Crippen molar-refractivity contribution >= 4 is 12.2 Å². The van der Waals surface area contributed by atoms with Crippen molar-refractivity contribution in [3.05, 3.63) is 76.3 Å². The van der Waals surface area contributed by atoms with Crippen LogP contribution in [-0.2, 0) is 6.18 Å². The maximum Gasteiger partial charge on any atom is 0.416 e. The summed E-state index contributed by atoms with van der Waals surface area (Å²) >= 11 is 5.27. The second kappa shape index (κ2) is 6.91. The van der Waals surface area contributed by atoms with Gasteiger partial charge in [0.15, 0.2) is 10.6 Å². The molecule has 0 saturated carbocycles. The summed E-state index contributed by atoms with van der Waals surface area (Å²) in [5.74, 6) is 0.533. The number of alkyl halides is 3. The fourth-order valence-electron chi connectivity index (χ4n) is 3.24. The van der Waals surface area contributed by atoms with Gasteiger partial charge in [0.25, 0.3) is 0 Å². The van der Waals surface area contributed by atoms with E-state index in [-0.39, 0.29) is 16.9 Å². The first-order chi connectivity index (χ1) is 12.9. The summed E-state index contributed by atoms with van der Waals surface area (Å²) in [6.45, 7) is 0. The van der Waals surface area contributed by atoms with Crippen molar-refractivity contribution in [1.82, 2.24) is 25.6 Å². The lowest BCUT2D eigenvalue weighted by atomic mass is 10.0. The summed E-state index contributed by atoms with van der Waals surface area (Å²) in [7, 11) is 0. The molecule has 1 saturated heterocycles. The average molecular weight is 391 g/mol. The highest BCUT2D eigenvalue weighted by atomic mass is 32.1. The van der Waals surface area contributed by atoms with Crippen molar-refractivity contribution in [2.24, 2.45) is 0 Å². The molecule has 2 heterocycles. The van der Waals surface area contributed by atoms with Gasteiger partial charge < -0.3 is 0 Å². The van der Waals surface area contributed by atoms with Gasteiger partial charge in [0.1, 0.15) is 0 Å². The first-order valence-corrected chi connectivity index (χ1v) is 8.75.